The van der Waals surface area contributed by atoms with Crippen LogP contribution >= 0.6 is 0 Å². The number of hydrogen-bond acceptors (Lipinski definition) is 6. The minimum absolute atomic E-state index is 0.0354. The van der Waals surface area contributed by atoms with Crippen molar-refractivity contribution in [3.8, 4) is 5.88 Å². The first-order valence-corrected chi connectivity index (χ1v) is 10.6. The van der Waals surface area contributed by atoms with Gasteiger partial charge in [0.05, 0.1) is 17.4 Å². The van der Waals surface area contributed by atoms with Crippen molar-refractivity contribution in [1.82, 2.24) is 23.5 Å². The highest BCUT2D eigenvalue weighted by Crippen LogP contribution is 2.30. The van der Waals surface area contributed by atoms with E-state index in [0.717, 1.165) is 10.0 Å². The van der Waals surface area contributed by atoms with Gasteiger partial charge in [-0.05, 0) is 24.6 Å². The van der Waals surface area contributed by atoms with E-state index in [1.807, 2.05) is 0 Å². The Kier molecular flexibility index (Phi) is 6.55. The Morgan fingerprint density at radius 3 is 2.61 bits per heavy atom. The molecule has 0 saturated carbocycles. The number of pyridine rings is 1. The maximum atomic E-state index is 13.2. The van der Waals surface area contributed by atoms with E-state index >= 15 is 0 Å². The monoisotopic (exact) mass is 457 g/mol. The van der Waals surface area contributed by atoms with Crippen LogP contribution in [0.25, 0.3) is 10.9 Å². The summed E-state index contributed by atoms with van der Waals surface area (Å²) in [7, 11) is -4.03. The number of carbonyl (C=O) groups is 2. The number of nitrogens with one attached hydrogen (secondary N) is 1. The topological polar surface area (TPSA) is 114 Å². The average molecular weight is 457 g/mol. The van der Waals surface area contributed by atoms with Crippen molar-refractivity contribution in [3.63, 3.8) is 0 Å². The Balaban J connectivity index is 1.77. The number of ether oxygens (including phenoxy) is 1. The predicted octanol–water partition coefficient (Wildman–Crippen LogP) is 0.485. The van der Waals surface area contributed by atoms with Crippen molar-refractivity contribution in [3.05, 3.63) is 36.7 Å². The third-order valence-corrected chi connectivity index (χ3v) is 6.62. The Labute approximate surface area is 177 Å². The number of fused-ring (bicyclic) bond motifs is 1. The van der Waals surface area contributed by atoms with Crippen molar-refractivity contribution < 1.29 is 31.5 Å². The smallest absolute Gasteiger partial charge is 0.388 e. The van der Waals surface area contributed by atoms with Crippen LogP contribution in [-0.4, -0.2) is 77.7 Å². The second-order valence-electron chi connectivity index (χ2n) is 6.71. The van der Waals surface area contributed by atoms with Gasteiger partial charge in [-0.2, -0.15) is 21.5 Å². The third kappa shape index (κ3) is 4.66. The summed E-state index contributed by atoms with van der Waals surface area (Å²) in [6.07, 6.45) is 3.57. The fourth-order valence-electron chi connectivity index (χ4n) is 3.27. The lowest BCUT2D eigenvalue weighted by Gasteiger charge is -2.34. The second-order valence-corrected chi connectivity index (χ2v) is 8.51. The first kappa shape index (κ1) is 22.6. The van der Waals surface area contributed by atoms with Crippen LogP contribution in [0.2, 0.25) is 0 Å². The van der Waals surface area contributed by atoms with Crippen LogP contribution in [0.15, 0.2) is 31.1 Å². The molecule has 0 bridgehead atoms. The molecule has 2 aromatic heterocycles. The van der Waals surface area contributed by atoms with Gasteiger partial charge in [-0.25, -0.2) is 8.96 Å². The van der Waals surface area contributed by atoms with Gasteiger partial charge in [0.15, 0.2) is 0 Å². The van der Waals surface area contributed by atoms with Gasteiger partial charge in [0.25, 0.3) is 0 Å². The Bertz CT molecular complexity index is 1110. The molecule has 1 aliphatic rings. The van der Waals surface area contributed by atoms with E-state index in [-0.39, 0.29) is 55.4 Å². The molecule has 0 atom stereocenters. The van der Waals surface area contributed by atoms with Crippen molar-refractivity contribution in [2.24, 2.45) is 0 Å². The van der Waals surface area contributed by atoms with E-state index in [4.69, 9.17) is 0 Å². The zero-order valence-electron chi connectivity index (χ0n) is 16.6. The summed E-state index contributed by atoms with van der Waals surface area (Å²) in [5.74, 6) is -1.18. The molecule has 0 unspecified atom stereocenters. The molecule has 3 rings (SSSR count). The maximum absolute atomic E-state index is 13.2. The van der Waals surface area contributed by atoms with Crippen LogP contribution in [0.3, 0.4) is 0 Å². The van der Waals surface area contributed by atoms with Gasteiger partial charge >= 0.3 is 16.8 Å². The van der Waals surface area contributed by atoms with Crippen LogP contribution in [0.5, 0.6) is 5.88 Å². The normalized spacial score (nSPS) is 15.3. The third-order valence-electron chi connectivity index (χ3n) is 4.80. The number of piperazine rings is 1. The molecule has 0 aliphatic carbocycles. The first-order valence-electron chi connectivity index (χ1n) is 9.25. The van der Waals surface area contributed by atoms with Gasteiger partial charge in [0.1, 0.15) is 0 Å². The van der Waals surface area contributed by atoms with Crippen LogP contribution in [-0.2, 0) is 19.8 Å². The van der Waals surface area contributed by atoms with E-state index < -0.39 is 22.7 Å². The minimum Gasteiger partial charge on any atom is -0.416 e. The quantitative estimate of drug-likeness (QED) is 0.606. The molecular weight excluding hydrogens is 436 g/mol. The zero-order chi connectivity index (χ0) is 22.8. The fourth-order valence-corrected chi connectivity index (χ4v) is 4.83. The molecule has 31 heavy (non-hydrogen) atoms. The number of carbonyl (C=O) groups excluding carboxylic acids is 2. The van der Waals surface area contributed by atoms with Crippen LogP contribution in [0.1, 0.15) is 5.56 Å². The summed E-state index contributed by atoms with van der Waals surface area (Å²) in [4.78, 5) is 28.6. The summed E-state index contributed by atoms with van der Waals surface area (Å²) in [5, 5.41) is 2.53. The van der Waals surface area contributed by atoms with Gasteiger partial charge in [0, 0.05) is 38.6 Å². The standard InChI is InChI=1S/C18H21F2N5O5S/c1-3-14(26)21-11-15(27)23-6-8-24(9-7-23)31(28,29)25-5-4-13-16(25)12(2)10-22-17(13)30-18(19)20/h3-5,10,18H,1,6-9,11H2,2H3,(H,21,26). The van der Waals surface area contributed by atoms with Crippen molar-refractivity contribution in [2.45, 2.75) is 13.5 Å². The lowest BCUT2D eigenvalue weighted by Crippen LogP contribution is -2.53. The molecule has 0 spiro atoms. The number of aryl methyl sites for hydroxylation is 1. The van der Waals surface area contributed by atoms with Crippen molar-refractivity contribution in [1.29, 1.82) is 0 Å². The average Bonchev–Trinajstić information content (AvgIpc) is 3.21. The first-order chi connectivity index (χ1) is 14.6. The summed E-state index contributed by atoms with van der Waals surface area (Å²) in [6, 6.07) is 1.35. The molecule has 1 fully saturated rings. The van der Waals surface area contributed by atoms with Gasteiger partial charge in [-0.3, -0.25) is 9.59 Å². The SMILES string of the molecule is C=CC(=O)NCC(=O)N1CCN(S(=O)(=O)n2ccc3c(OC(F)F)ncc(C)c32)CC1. The Morgan fingerprint density at radius 2 is 2.00 bits per heavy atom. The van der Waals surface area contributed by atoms with Gasteiger partial charge in [-0.15, -0.1) is 0 Å². The number of halogens is 2. The Hall–Kier alpha value is -3.06. The highest BCUT2D eigenvalue weighted by atomic mass is 32.2. The van der Waals surface area contributed by atoms with Crippen molar-refractivity contribution in [2.75, 3.05) is 32.7 Å². The van der Waals surface area contributed by atoms with E-state index in [2.05, 4.69) is 21.6 Å². The zero-order valence-corrected chi connectivity index (χ0v) is 17.4. The van der Waals surface area contributed by atoms with E-state index in [9.17, 15) is 26.8 Å². The number of hydrogen-bond donors (Lipinski definition) is 1. The number of alkyl halides is 2. The molecule has 1 N–H and O–H groups in total. The lowest BCUT2D eigenvalue weighted by atomic mass is 10.2. The maximum Gasteiger partial charge on any atom is 0.388 e. The molecule has 10 nitrogen and oxygen atoms in total. The van der Waals surface area contributed by atoms with Gasteiger partial charge < -0.3 is 15.0 Å². The predicted molar refractivity (Wildman–Crippen MR) is 107 cm³/mol. The summed E-state index contributed by atoms with van der Waals surface area (Å²) in [5.41, 5.74) is 0.660. The van der Waals surface area contributed by atoms with Gasteiger partial charge in [0.2, 0.25) is 17.7 Å². The molecular formula is C18H21F2N5O5S. The van der Waals surface area contributed by atoms with Crippen LogP contribution in [0.4, 0.5) is 8.78 Å². The summed E-state index contributed by atoms with van der Waals surface area (Å²) in [6.45, 7) is 1.96. The number of nitrogens with zero attached hydrogens (tertiary/aromatic N) is 4. The van der Waals surface area contributed by atoms with E-state index in [0.29, 0.717) is 5.56 Å². The van der Waals surface area contributed by atoms with Crippen LogP contribution in [0, 0.1) is 6.92 Å². The highest BCUT2D eigenvalue weighted by molar-refractivity contribution is 7.87. The molecule has 2 aromatic rings. The molecule has 168 valence electrons. The molecule has 0 radical (unpaired) electrons. The molecule has 1 aliphatic heterocycles. The minimum atomic E-state index is -4.03. The highest BCUT2D eigenvalue weighted by Gasteiger charge is 2.31. The number of amides is 2. The molecule has 3 heterocycles. The van der Waals surface area contributed by atoms with E-state index in [1.54, 1.807) is 6.92 Å². The largest absolute Gasteiger partial charge is 0.416 e. The summed E-state index contributed by atoms with van der Waals surface area (Å²) >= 11 is 0. The molecule has 13 heteroatoms. The van der Waals surface area contributed by atoms with Crippen molar-refractivity contribution >= 4 is 32.9 Å². The van der Waals surface area contributed by atoms with Gasteiger partial charge in [-0.1, -0.05) is 6.58 Å². The van der Waals surface area contributed by atoms with E-state index in [1.165, 1.54) is 27.7 Å². The molecule has 2 amide bonds. The molecule has 0 aromatic carbocycles. The Morgan fingerprint density at radius 1 is 1.32 bits per heavy atom. The second kappa shape index (κ2) is 8.98. The lowest BCUT2D eigenvalue weighted by molar-refractivity contribution is -0.133. The number of aromatic nitrogens is 2. The van der Waals surface area contributed by atoms with Crippen LogP contribution < -0.4 is 10.1 Å². The number of rotatable bonds is 7. The molecule has 1 saturated heterocycles. The summed E-state index contributed by atoms with van der Waals surface area (Å²) < 4.78 is 58.3. The fraction of sp³-hybridized carbons (Fsp3) is 0.389.